The molecule has 29 heavy (non-hydrogen) atoms. The van der Waals surface area contributed by atoms with Crippen LogP contribution in [0, 0.1) is 5.82 Å². The van der Waals surface area contributed by atoms with Crippen LogP contribution in [0.15, 0.2) is 66.7 Å². The first-order valence-electron chi connectivity index (χ1n) is 9.43. The first-order chi connectivity index (χ1) is 13.9. The summed E-state index contributed by atoms with van der Waals surface area (Å²) in [6, 6.07) is 19.7. The largest absolute Gasteiger partial charge is 0.348 e. The Kier molecular flexibility index (Phi) is 6.57. The normalized spacial score (nSPS) is 12.0. The highest BCUT2D eigenvalue weighted by atomic mass is 19.1. The molecule has 0 radical (unpaired) electrons. The molecule has 0 bridgehead atoms. The molecule has 6 heteroatoms. The van der Waals surface area contributed by atoms with Crippen LogP contribution >= 0.6 is 0 Å². The number of carbonyl (C=O) groups is 2. The Morgan fingerprint density at radius 1 is 0.931 bits per heavy atom. The highest BCUT2D eigenvalue weighted by Crippen LogP contribution is 2.20. The number of likely N-dealkylation sites (N-methyl/N-ethyl adjacent to an activating group) is 1. The van der Waals surface area contributed by atoms with Gasteiger partial charge >= 0.3 is 0 Å². The summed E-state index contributed by atoms with van der Waals surface area (Å²) in [7, 11) is 1.69. The van der Waals surface area contributed by atoms with Crippen molar-refractivity contribution in [3.63, 3.8) is 0 Å². The second-order valence-corrected chi connectivity index (χ2v) is 7.13. The average molecular weight is 393 g/mol. The van der Waals surface area contributed by atoms with E-state index < -0.39 is 5.82 Å². The van der Waals surface area contributed by atoms with Crippen LogP contribution in [0.3, 0.4) is 0 Å². The summed E-state index contributed by atoms with van der Waals surface area (Å²) in [5.41, 5.74) is 1.40. The monoisotopic (exact) mass is 393 g/mol. The minimum absolute atomic E-state index is 0.0221. The number of benzene rings is 3. The SMILES string of the molecule is C[C@@H](NC(=O)CN(C)CC(=O)Nc1cccc(F)c1)c1ccc2ccccc2c1. The Hall–Kier alpha value is -3.25. The van der Waals surface area contributed by atoms with Gasteiger partial charge in [-0.05, 0) is 54.6 Å². The van der Waals surface area contributed by atoms with Crippen molar-refractivity contribution in [2.24, 2.45) is 0 Å². The predicted octanol–water partition coefficient (Wildman–Crippen LogP) is 3.73. The zero-order valence-electron chi connectivity index (χ0n) is 16.5. The molecule has 0 saturated heterocycles. The number of hydrogen-bond acceptors (Lipinski definition) is 3. The van der Waals surface area contributed by atoms with E-state index in [-0.39, 0.29) is 30.9 Å². The highest BCUT2D eigenvalue weighted by Gasteiger charge is 2.14. The van der Waals surface area contributed by atoms with Crippen LogP contribution in [0.1, 0.15) is 18.5 Å². The van der Waals surface area contributed by atoms with E-state index in [2.05, 4.69) is 16.7 Å². The van der Waals surface area contributed by atoms with Crippen molar-refractivity contribution in [3.05, 3.63) is 78.1 Å². The first kappa shape index (κ1) is 20.5. The van der Waals surface area contributed by atoms with Gasteiger partial charge in [-0.15, -0.1) is 0 Å². The second kappa shape index (κ2) is 9.30. The predicted molar refractivity (Wildman–Crippen MR) is 113 cm³/mol. The van der Waals surface area contributed by atoms with E-state index in [1.807, 2.05) is 43.3 Å². The number of halogens is 1. The van der Waals surface area contributed by atoms with Gasteiger partial charge < -0.3 is 10.6 Å². The maximum absolute atomic E-state index is 13.2. The molecule has 0 aliphatic carbocycles. The lowest BCUT2D eigenvalue weighted by Crippen LogP contribution is -2.39. The lowest BCUT2D eigenvalue weighted by molar-refractivity contribution is -0.123. The molecule has 0 unspecified atom stereocenters. The van der Waals surface area contributed by atoms with Crippen molar-refractivity contribution < 1.29 is 14.0 Å². The summed E-state index contributed by atoms with van der Waals surface area (Å²) in [4.78, 5) is 26.0. The molecule has 0 spiro atoms. The summed E-state index contributed by atoms with van der Waals surface area (Å²) < 4.78 is 13.2. The van der Waals surface area contributed by atoms with Crippen LogP contribution in [0.2, 0.25) is 0 Å². The number of carbonyl (C=O) groups excluding carboxylic acids is 2. The number of amides is 2. The smallest absolute Gasteiger partial charge is 0.238 e. The lowest BCUT2D eigenvalue weighted by atomic mass is 10.0. The molecule has 0 aliphatic rings. The Morgan fingerprint density at radius 2 is 1.66 bits per heavy atom. The first-order valence-corrected chi connectivity index (χ1v) is 9.43. The molecule has 3 aromatic carbocycles. The number of fused-ring (bicyclic) bond motifs is 1. The van der Waals surface area contributed by atoms with Crippen molar-refractivity contribution in [2.45, 2.75) is 13.0 Å². The maximum atomic E-state index is 13.2. The Bertz CT molecular complexity index is 1020. The van der Waals surface area contributed by atoms with E-state index in [4.69, 9.17) is 0 Å². The Morgan fingerprint density at radius 3 is 2.41 bits per heavy atom. The number of rotatable bonds is 7. The molecule has 0 saturated carbocycles. The van der Waals surface area contributed by atoms with Gasteiger partial charge in [-0.1, -0.05) is 42.5 Å². The van der Waals surface area contributed by atoms with E-state index >= 15 is 0 Å². The summed E-state index contributed by atoms with van der Waals surface area (Å²) in [5, 5.41) is 7.85. The third-order valence-electron chi connectivity index (χ3n) is 4.59. The molecule has 0 aliphatic heterocycles. The molecule has 3 rings (SSSR count). The van der Waals surface area contributed by atoms with Gasteiger partial charge in [-0.3, -0.25) is 14.5 Å². The van der Waals surface area contributed by atoms with Crippen molar-refractivity contribution in [2.75, 3.05) is 25.5 Å². The van der Waals surface area contributed by atoms with Crippen molar-refractivity contribution in [1.29, 1.82) is 0 Å². The minimum atomic E-state index is -0.418. The molecular formula is C23H24FN3O2. The molecule has 3 aromatic rings. The molecular weight excluding hydrogens is 369 g/mol. The van der Waals surface area contributed by atoms with E-state index in [0.29, 0.717) is 5.69 Å². The standard InChI is InChI=1S/C23H24FN3O2/c1-16(18-11-10-17-6-3-4-7-19(17)12-18)25-22(28)14-27(2)15-23(29)26-21-9-5-8-20(24)13-21/h3-13,16H,14-15H2,1-2H3,(H,25,28)(H,26,29)/t16-/m1/s1. The van der Waals surface area contributed by atoms with Crippen LogP contribution < -0.4 is 10.6 Å². The second-order valence-electron chi connectivity index (χ2n) is 7.13. The van der Waals surface area contributed by atoms with Gasteiger partial charge in [-0.25, -0.2) is 4.39 Å². The fourth-order valence-electron chi connectivity index (χ4n) is 3.16. The molecule has 5 nitrogen and oxygen atoms in total. The van der Waals surface area contributed by atoms with Crippen LogP contribution in [-0.4, -0.2) is 36.9 Å². The molecule has 0 fully saturated rings. The zero-order chi connectivity index (χ0) is 20.8. The van der Waals surface area contributed by atoms with E-state index in [0.717, 1.165) is 16.3 Å². The molecule has 0 aromatic heterocycles. The molecule has 2 N–H and O–H groups in total. The fourth-order valence-corrected chi connectivity index (χ4v) is 3.16. The third-order valence-corrected chi connectivity index (χ3v) is 4.59. The minimum Gasteiger partial charge on any atom is -0.348 e. The van der Waals surface area contributed by atoms with Crippen molar-refractivity contribution in [1.82, 2.24) is 10.2 Å². The van der Waals surface area contributed by atoms with Gasteiger partial charge in [0, 0.05) is 5.69 Å². The Labute approximate surface area is 169 Å². The number of anilines is 1. The quantitative estimate of drug-likeness (QED) is 0.643. The summed E-state index contributed by atoms with van der Waals surface area (Å²) in [6.07, 6.45) is 0. The number of nitrogens with zero attached hydrogens (tertiary/aromatic N) is 1. The molecule has 0 heterocycles. The van der Waals surface area contributed by atoms with Gasteiger partial charge in [-0.2, -0.15) is 0 Å². The van der Waals surface area contributed by atoms with Gasteiger partial charge in [0.2, 0.25) is 11.8 Å². The van der Waals surface area contributed by atoms with Crippen LogP contribution in [0.5, 0.6) is 0 Å². The highest BCUT2D eigenvalue weighted by molar-refractivity contribution is 5.92. The molecule has 2 amide bonds. The topological polar surface area (TPSA) is 61.4 Å². The lowest BCUT2D eigenvalue weighted by Gasteiger charge is -2.19. The van der Waals surface area contributed by atoms with Gasteiger partial charge in [0.25, 0.3) is 0 Å². The van der Waals surface area contributed by atoms with Gasteiger partial charge in [0.1, 0.15) is 5.82 Å². The Balaban J connectivity index is 1.50. The molecule has 1 atom stereocenters. The van der Waals surface area contributed by atoms with Gasteiger partial charge in [0.05, 0.1) is 19.1 Å². The summed E-state index contributed by atoms with van der Waals surface area (Å²) in [6.45, 7) is 2.03. The van der Waals surface area contributed by atoms with Crippen molar-refractivity contribution >= 4 is 28.3 Å². The van der Waals surface area contributed by atoms with Crippen LogP contribution in [0.4, 0.5) is 10.1 Å². The van der Waals surface area contributed by atoms with Gasteiger partial charge in [0.15, 0.2) is 0 Å². The summed E-state index contributed by atoms with van der Waals surface area (Å²) in [5.74, 6) is -0.904. The van der Waals surface area contributed by atoms with Crippen molar-refractivity contribution in [3.8, 4) is 0 Å². The number of hydrogen-bond donors (Lipinski definition) is 2. The van der Waals surface area contributed by atoms with E-state index in [1.54, 1.807) is 18.0 Å². The fraction of sp³-hybridized carbons (Fsp3) is 0.217. The number of nitrogens with one attached hydrogen (secondary N) is 2. The summed E-state index contributed by atoms with van der Waals surface area (Å²) >= 11 is 0. The third kappa shape index (κ3) is 5.86. The van der Waals surface area contributed by atoms with Crippen LogP contribution in [0.25, 0.3) is 10.8 Å². The van der Waals surface area contributed by atoms with E-state index in [1.165, 1.54) is 18.2 Å². The zero-order valence-corrected chi connectivity index (χ0v) is 16.5. The van der Waals surface area contributed by atoms with Crippen LogP contribution in [-0.2, 0) is 9.59 Å². The van der Waals surface area contributed by atoms with E-state index in [9.17, 15) is 14.0 Å². The average Bonchev–Trinajstić information content (AvgIpc) is 2.67. The maximum Gasteiger partial charge on any atom is 0.238 e. The molecule has 150 valence electrons.